The van der Waals surface area contributed by atoms with Gasteiger partial charge in [-0.15, -0.1) is 0 Å². The highest BCUT2D eigenvalue weighted by atomic mass is 32.2. The van der Waals surface area contributed by atoms with Gasteiger partial charge in [0.2, 0.25) is 5.91 Å². The quantitative estimate of drug-likeness (QED) is 0.581. The van der Waals surface area contributed by atoms with Crippen molar-refractivity contribution in [3.05, 3.63) is 72.1 Å². The fourth-order valence-corrected chi connectivity index (χ4v) is 3.51. The molecule has 0 aliphatic carbocycles. The van der Waals surface area contributed by atoms with Gasteiger partial charge in [-0.05, 0) is 35.4 Å². The van der Waals surface area contributed by atoms with E-state index in [1.54, 1.807) is 30.5 Å². The predicted molar refractivity (Wildman–Crippen MR) is 109 cm³/mol. The maximum Gasteiger partial charge on any atom is 0.221 e. The van der Waals surface area contributed by atoms with E-state index in [-0.39, 0.29) is 23.8 Å². The largest absolute Gasteiger partial charge is 0.755 e. The number of amides is 1. The van der Waals surface area contributed by atoms with Gasteiger partial charge in [0.15, 0.2) is 11.6 Å². The van der Waals surface area contributed by atoms with Crippen molar-refractivity contribution in [3.63, 3.8) is 0 Å². The van der Waals surface area contributed by atoms with Gasteiger partial charge in [-0.2, -0.15) is 0 Å². The summed E-state index contributed by atoms with van der Waals surface area (Å²) in [7, 11) is 0. The SMILES string of the molecule is CC(=O)Nc1cncc(-c2ccc(CN)c(N(c3ccc(F)c(F)c3)S(=O)[O-])c2)c1. The Morgan fingerprint density at radius 1 is 1.13 bits per heavy atom. The van der Waals surface area contributed by atoms with E-state index in [1.807, 2.05) is 0 Å². The van der Waals surface area contributed by atoms with Crippen LogP contribution in [0.1, 0.15) is 12.5 Å². The summed E-state index contributed by atoms with van der Waals surface area (Å²) >= 11 is -2.84. The minimum Gasteiger partial charge on any atom is -0.755 e. The molecule has 0 spiro atoms. The highest BCUT2D eigenvalue weighted by Gasteiger charge is 2.17. The van der Waals surface area contributed by atoms with Crippen LogP contribution in [0.5, 0.6) is 0 Å². The number of pyridine rings is 1. The van der Waals surface area contributed by atoms with Gasteiger partial charge < -0.3 is 15.6 Å². The van der Waals surface area contributed by atoms with Gasteiger partial charge in [0, 0.05) is 31.3 Å². The van der Waals surface area contributed by atoms with E-state index < -0.39 is 22.9 Å². The number of anilines is 3. The van der Waals surface area contributed by atoms with Gasteiger partial charge in [-0.3, -0.25) is 18.3 Å². The number of aromatic nitrogens is 1. The highest BCUT2D eigenvalue weighted by Crippen LogP contribution is 2.34. The molecule has 3 rings (SSSR count). The molecule has 10 heteroatoms. The first-order chi connectivity index (χ1) is 14.3. The number of hydrogen-bond donors (Lipinski definition) is 2. The van der Waals surface area contributed by atoms with E-state index in [1.165, 1.54) is 13.1 Å². The zero-order valence-corrected chi connectivity index (χ0v) is 16.6. The summed E-state index contributed by atoms with van der Waals surface area (Å²) in [6.07, 6.45) is 3.02. The predicted octanol–water partition coefficient (Wildman–Crippen LogP) is 3.38. The van der Waals surface area contributed by atoms with Crippen LogP contribution >= 0.6 is 0 Å². The van der Waals surface area contributed by atoms with Crippen molar-refractivity contribution >= 4 is 34.2 Å². The smallest absolute Gasteiger partial charge is 0.221 e. The minimum absolute atomic E-state index is 0.0111. The second-order valence-corrected chi connectivity index (χ2v) is 7.10. The number of benzene rings is 2. The lowest BCUT2D eigenvalue weighted by Crippen LogP contribution is -2.22. The third-order valence-electron chi connectivity index (χ3n) is 4.20. The molecule has 0 saturated carbocycles. The van der Waals surface area contributed by atoms with Gasteiger partial charge in [-0.1, -0.05) is 12.1 Å². The molecule has 0 bridgehead atoms. The summed E-state index contributed by atoms with van der Waals surface area (Å²) < 4.78 is 51.9. The summed E-state index contributed by atoms with van der Waals surface area (Å²) in [6.45, 7) is 1.38. The van der Waals surface area contributed by atoms with Crippen LogP contribution in [0.4, 0.5) is 25.8 Å². The Morgan fingerprint density at radius 3 is 2.53 bits per heavy atom. The number of carbonyl (C=O) groups is 1. The van der Waals surface area contributed by atoms with Crippen molar-refractivity contribution in [3.8, 4) is 11.1 Å². The molecule has 7 nitrogen and oxygen atoms in total. The van der Waals surface area contributed by atoms with Crippen LogP contribution < -0.4 is 15.4 Å². The number of hydrogen-bond acceptors (Lipinski definition) is 5. The van der Waals surface area contributed by atoms with Crippen molar-refractivity contribution in [2.75, 3.05) is 9.62 Å². The molecular weight excluding hydrogens is 414 g/mol. The minimum atomic E-state index is -2.84. The van der Waals surface area contributed by atoms with Crippen LogP contribution in [0, 0.1) is 11.6 Å². The zero-order chi connectivity index (χ0) is 21.8. The van der Waals surface area contributed by atoms with Crippen LogP contribution in [0.25, 0.3) is 11.1 Å². The van der Waals surface area contributed by atoms with E-state index in [0.717, 1.165) is 22.5 Å². The van der Waals surface area contributed by atoms with Gasteiger partial charge in [0.25, 0.3) is 0 Å². The molecule has 0 aliphatic rings. The van der Waals surface area contributed by atoms with E-state index in [9.17, 15) is 22.3 Å². The first-order valence-electron chi connectivity index (χ1n) is 8.70. The summed E-state index contributed by atoms with van der Waals surface area (Å²) in [5, 5.41) is 2.62. The molecule has 2 aromatic carbocycles. The Labute approximate surface area is 174 Å². The van der Waals surface area contributed by atoms with E-state index in [0.29, 0.717) is 22.4 Å². The number of nitrogens with zero attached hydrogens (tertiary/aromatic N) is 2. The normalized spacial score (nSPS) is 11.8. The lowest BCUT2D eigenvalue weighted by molar-refractivity contribution is -0.114. The summed E-state index contributed by atoms with van der Waals surface area (Å²) in [6, 6.07) is 9.36. The third-order valence-corrected chi connectivity index (χ3v) is 4.91. The topological polar surface area (TPSA) is 111 Å². The standard InChI is InChI=1S/C20H18F2N4O3S/c1-12(27)25-16-6-15(10-24-11-16)13-2-3-14(9-23)20(7-13)26(30(28)29)17-4-5-18(21)19(22)8-17/h2-8,10-11H,9,23H2,1H3,(H,25,27)(H,28,29)/p-1. The molecule has 0 aliphatic heterocycles. The molecule has 1 atom stereocenters. The molecule has 0 fully saturated rings. The molecule has 1 amide bonds. The first kappa shape index (κ1) is 21.5. The van der Waals surface area contributed by atoms with Gasteiger partial charge >= 0.3 is 0 Å². The van der Waals surface area contributed by atoms with Crippen molar-refractivity contribution in [2.24, 2.45) is 5.73 Å². The zero-order valence-electron chi connectivity index (χ0n) is 15.8. The van der Waals surface area contributed by atoms with Crippen LogP contribution in [0.15, 0.2) is 54.9 Å². The molecule has 3 aromatic rings. The van der Waals surface area contributed by atoms with Crippen molar-refractivity contribution in [1.82, 2.24) is 4.98 Å². The lowest BCUT2D eigenvalue weighted by Gasteiger charge is -2.29. The van der Waals surface area contributed by atoms with E-state index in [2.05, 4.69) is 10.3 Å². The average Bonchev–Trinajstić information content (AvgIpc) is 2.70. The second kappa shape index (κ2) is 9.08. The Morgan fingerprint density at radius 2 is 1.90 bits per heavy atom. The molecule has 30 heavy (non-hydrogen) atoms. The molecule has 0 radical (unpaired) electrons. The lowest BCUT2D eigenvalue weighted by atomic mass is 10.0. The fraction of sp³-hybridized carbons (Fsp3) is 0.100. The molecule has 1 unspecified atom stereocenters. The Balaban J connectivity index is 2.12. The Kier molecular flexibility index (Phi) is 6.50. The maximum absolute atomic E-state index is 13.7. The van der Waals surface area contributed by atoms with Crippen LogP contribution in [-0.2, 0) is 22.6 Å². The summed E-state index contributed by atoms with van der Waals surface area (Å²) in [5.41, 5.74) is 7.99. The number of nitrogens with two attached hydrogens (primary N) is 1. The third kappa shape index (κ3) is 4.67. The van der Waals surface area contributed by atoms with Crippen LogP contribution in [0.2, 0.25) is 0 Å². The highest BCUT2D eigenvalue weighted by molar-refractivity contribution is 7.81. The molecule has 156 valence electrons. The Bertz CT molecular complexity index is 1130. The van der Waals surface area contributed by atoms with Crippen molar-refractivity contribution in [2.45, 2.75) is 13.5 Å². The summed E-state index contributed by atoms with van der Waals surface area (Å²) in [4.78, 5) is 15.4. The summed E-state index contributed by atoms with van der Waals surface area (Å²) in [5.74, 6) is -2.54. The number of nitrogens with one attached hydrogen (secondary N) is 1. The molecule has 1 aromatic heterocycles. The first-order valence-corrected chi connectivity index (χ1v) is 9.74. The van der Waals surface area contributed by atoms with Gasteiger partial charge in [0.05, 0.1) is 34.5 Å². The monoisotopic (exact) mass is 431 g/mol. The van der Waals surface area contributed by atoms with Gasteiger partial charge in [0.1, 0.15) is 0 Å². The number of rotatable bonds is 6. The molecule has 1 heterocycles. The van der Waals surface area contributed by atoms with Crippen molar-refractivity contribution < 1.29 is 22.3 Å². The second-order valence-electron chi connectivity index (χ2n) is 6.30. The fourth-order valence-electron chi connectivity index (χ4n) is 2.89. The van der Waals surface area contributed by atoms with Crippen molar-refractivity contribution in [1.29, 1.82) is 0 Å². The maximum atomic E-state index is 13.7. The van der Waals surface area contributed by atoms with Crippen LogP contribution in [0.3, 0.4) is 0 Å². The van der Waals surface area contributed by atoms with E-state index in [4.69, 9.17) is 5.73 Å². The number of carbonyl (C=O) groups excluding carboxylic acids is 1. The Hall–Kier alpha value is -3.21. The molecular formula is C20H17F2N4O3S-. The van der Waals surface area contributed by atoms with Gasteiger partial charge in [-0.25, -0.2) is 8.78 Å². The molecule has 0 saturated heterocycles. The van der Waals surface area contributed by atoms with Crippen LogP contribution in [-0.4, -0.2) is 19.7 Å². The number of halogens is 2. The average molecular weight is 431 g/mol. The molecule has 3 N–H and O–H groups in total. The van der Waals surface area contributed by atoms with E-state index >= 15 is 0 Å².